The molecular formula is C19H21N3O4. The van der Waals surface area contributed by atoms with Crippen LogP contribution in [0.25, 0.3) is 0 Å². The second-order valence-electron chi connectivity index (χ2n) is 6.36. The van der Waals surface area contributed by atoms with Crippen LogP contribution in [0.4, 0.5) is 5.69 Å². The largest absolute Gasteiger partial charge is 0.469 e. The van der Waals surface area contributed by atoms with Crippen molar-refractivity contribution in [2.75, 3.05) is 25.5 Å². The molecule has 1 N–H and O–H groups in total. The highest BCUT2D eigenvalue weighted by molar-refractivity contribution is 6.05. The fourth-order valence-corrected chi connectivity index (χ4v) is 2.97. The molecule has 7 nitrogen and oxygen atoms in total. The first-order chi connectivity index (χ1) is 12.4. The normalized spacial score (nSPS) is 17.3. The molecule has 1 saturated heterocycles. The summed E-state index contributed by atoms with van der Waals surface area (Å²) in [5.41, 5.74) is 1.52. The van der Waals surface area contributed by atoms with E-state index in [-0.39, 0.29) is 17.7 Å². The number of nitrogens with one attached hydrogen (secondary N) is 1. The van der Waals surface area contributed by atoms with Crippen molar-refractivity contribution < 1.29 is 18.8 Å². The van der Waals surface area contributed by atoms with Crippen LogP contribution in [-0.4, -0.2) is 53.7 Å². The van der Waals surface area contributed by atoms with Crippen molar-refractivity contribution in [1.82, 2.24) is 9.80 Å². The van der Waals surface area contributed by atoms with Crippen LogP contribution < -0.4 is 5.32 Å². The number of hydrogen-bond donors (Lipinski definition) is 1. The molecular weight excluding hydrogens is 334 g/mol. The third kappa shape index (κ3) is 3.33. The summed E-state index contributed by atoms with van der Waals surface area (Å²) in [4.78, 5) is 40.1. The molecule has 0 radical (unpaired) electrons. The monoisotopic (exact) mass is 355 g/mol. The van der Waals surface area contributed by atoms with Crippen molar-refractivity contribution in [1.29, 1.82) is 0 Å². The van der Waals surface area contributed by atoms with Crippen molar-refractivity contribution >= 4 is 23.4 Å². The minimum atomic E-state index is -0.482. The molecule has 2 heterocycles. The molecule has 7 heteroatoms. The van der Waals surface area contributed by atoms with Gasteiger partial charge < -0.3 is 19.5 Å². The third-order valence-electron chi connectivity index (χ3n) is 4.63. The molecule has 1 aliphatic rings. The fraction of sp³-hybridized carbons (Fsp3) is 0.316. The number of carbonyl (C=O) groups excluding carboxylic acids is 3. The minimum Gasteiger partial charge on any atom is -0.469 e. The standard InChI is InChI=1S/C19H21N3O4/c1-12-18(24)21(3)9-10-22(12)19(25)14-4-6-15(7-5-14)20-17(23)16-8-11-26-13(16)2/h4-8,11-12H,9-10H2,1-3H3,(H,20,23)/t12-/m1/s1. The predicted octanol–water partition coefficient (Wildman–Crippen LogP) is 2.14. The molecule has 1 aliphatic heterocycles. The Morgan fingerprint density at radius 1 is 1.15 bits per heavy atom. The van der Waals surface area contributed by atoms with E-state index in [0.717, 1.165) is 0 Å². The van der Waals surface area contributed by atoms with Gasteiger partial charge in [0.2, 0.25) is 5.91 Å². The Kier molecular flexibility index (Phi) is 4.79. The molecule has 1 aromatic heterocycles. The number of benzene rings is 1. The molecule has 26 heavy (non-hydrogen) atoms. The number of amides is 3. The Bertz CT molecular complexity index is 841. The van der Waals surface area contributed by atoms with Gasteiger partial charge in [0, 0.05) is 31.4 Å². The van der Waals surface area contributed by atoms with Gasteiger partial charge in [-0.25, -0.2) is 0 Å². The lowest BCUT2D eigenvalue weighted by Crippen LogP contribution is -2.56. The number of rotatable bonds is 3. The number of likely N-dealkylation sites (N-methyl/N-ethyl adjacent to an activating group) is 1. The van der Waals surface area contributed by atoms with E-state index in [1.165, 1.54) is 6.26 Å². The minimum absolute atomic E-state index is 0.0658. The number of aryl methyl sites for hydroxylation is 1. The molecule has 0 spiro atoms. The lowest BCUT2D eigenvalue weighted by molar-refractivity contribution is -0.137. The number of furan rings is 1. The van der Waals surface area contributed by atoms with E-state index in [9.17, 15) is 14.4 Å². The molecule has 1 aromatic carbocycles. The quantitative estimate of drug-likeness (QED) is 0.914. The maximum Gasteiger partial charge on any atom is 0.259 e. The van der Waals surface area contributed by atoms with Crippen LogP contribution in [0, 0.1) is 6.92 Å². The molecule has 3 rings (SSSR count). The summed E-state index contributed by atoms with van der Waals surface area (Å²) in [6, 6.07) is 7.76. The van der Waals surface area contributed by atoms with Crippen molar-refractivity contribution in [2.24, 2.45) is 0 Å². The summed E-state index contributed by atoms with van der Waals surface area (Å²) in [7, 11) is 1.74. The second kappa shape index (κ2) is 7.03. The first-order valence-electron chi connectivity index (χ1n) is 8.40. The smallest absolute Gasteiger partial charge is 0.259 e. The summed E-state index contributed by atoms with van der Waals surface area (Å²) >= 11 is 0. The molecule has 1 atom stereocenters. The van der Waals surface area contributed by atoms with E-state index in [1.54, 1.807) is 61.0 Å². The average Bonchev–Trinajstić information content (AvgIpc) is 3.06. The number of carbonyl (C=O) groups is 3. The van der Waals surface area contributed by atoms with Gasteiger partial charge in [-0.2, -0.15) is 0 Å². The Labute approximate surface area is 151 Å². The predicted molar refractivity (Wildman–Crippen MR) is 96.0 cm³/mol. The van der Waals surface area contributed by atoms with Gasteiger partial charge in [0.15, 0.2) is 0 Å². The molecule has 0 saturated carbocycles. The maximum absolute atomic E-state index is 12.7. The van der Waals surface area contributed by atoms with Crippen LogP contribution >= 0.6 is 0 Å². The van der Waals surface area contributed by atoms with E-state index >= 15 is 0 Å². The zero-order valence-corrected chi connectivity index (χ0v) is 15.0. The summed E-state index contributed by atoms with van der Waals surface area (Å²) in [5, 5.41) is 2.77. The van der Waals surface area contributed by atoms with Gasteiger partial charge in [0.25, 0.3) is 11.8 Å². The molecule has 2 aromatic rings. The Morgan fingerprint density at radius 3 is 2.46 bits per heavy atom. The van der Waals surface area contributed by atoms with Gasteiger partial charge in [-0.15, -0.1) is 0 Å². The number of anilines is 1. The molecule has 0 aliphatic carbocycles. The van der Waals surface area contributed by atoms with Gasteiger partial charge in [-0.3, -0.25) is 14.4 Å². The molecule has 0 bridgehead atoms. The van der Waals surface area contributed by atoms with Gasteiger partial charge in [-0.05, 0) is 44.2 Å². The lowest BCUT2D eigenvalue weighted by atomic mass is 10.1. The third-order valence-corrected chi connectivity index (χ3v) is 4.63. The zero-order valence-electron chi connectivity index (χ0n) is 15.0. The fourth-order valence-electron chi connectivity index (χ4n) is 2.97. The van der Waals surface area contributed by atoms with Gasteiger partial charge >= 0.3 is 0 Å². The summed E-state index contributed by atoms with van der Waals surface area (Å²) in [6.45, 7) is 4.47. The van der Waals surface area contributed by atoms with Crippen LogP contribution in [0.2, 0.25) is 0 Å². The summed E-state index contributed by atoms with van der Waals surface area (Å²) < 4.78 is 5.13. The van der Waals surface area contributed by atoms with E-state index in [4.69, 9.17) is 4.42 Å². The molecule has 136 valence electrons. The van der Waals surface area contributed by atoms with E-state index in [2.05, 4.69) is 5.32 Å². The van der Waals surface area contributed by atoms with Crippen LogP contribution in [0.15, 0.2) is 41.0 Å². The van der Waals surface area contributed by atoms with Crippen molar-refractivity contribution in [3.8, 4) is 0 Å². The lowest BCUT2D eigenvalue weighted by Gasteiger charge is -2.37. The topological polar surface area (TPSA) is 82.9 Å². The highest BCUT2D eigenvalue weighted by Gasteiger charge is 2.32. The van der Waals surface area contributed by atoms with Crippen molar-refractivity contribution in [3.05, 3.63) is 53.5 Å². The maximum atomic E-state index is 12.7. The van der Waals surface area contributed by atoms with E-state index in [0.29, 0.717) is 35.7 Å². The average molecular weight is 355 g/mol. The van der Waals surface area contributed by atoms with Gasteiger partial charge in [0.1, 0.15) is 11.8 Å². The zero-order chi connectivity index (χ0) is 18.8. The highest BCUT2D eigenvalue weighted by atomic mass is 16.3. The summed E-state index contributed by atoms with van der Waals surface area (Å²) in [5.74, 6) is 0.0168. The van der Waals surface area contributed by atoms with Gasteiger partial charge in [-0.1, -0.05) is 0 Å². The van der Waals surface area contributed by atoms with Crippen LogP contribution in [0.1, 0.15) is 33.4 Å². The van der Waals surface area contributed by atoms with E-state index < -0.39 is 6.04 Å². The van der Waals surface area contributed by atoms with Crippen molar-refractivity contribution in [2.45, 2.75) is 19.9 Å². The Morgan fingerprint density at radius 2 is 1.85 bits per heavy atom. The second-order valence-corrected chi connectivity index (χ2v) is 6.36. The molecule has 1 fully saturated rings. The van der Waals surface area contributed by atoms with Crippen LogP contribution in [0.5, 0.6) is 0 Å². The first kappa shape index (κ1) is 17.7. The Hall–Kier alpha value is -3.09. The summed E-state index contributed by atoms with van der Waals surface area (Å²) in [6.07, 6.45) is 1.46. The van der Waals surface area contributed by atoms with E-state index in [1.807, 2.05) is 0 Å². The van der Waals surface area contributed by atoms with Crippen molar-refractivity contribution in [3.63, 3.8) is 0 Å². The SMILES string of the molecule is Cc1occc1C(=O)Nc1ccc(C(=O)N2CCN(C)C(=O)[C@H]2C)cc1. The number of nitrogens with zero attached hydrogens (tertiary/aromatic N) is 2. The number of piperazine rings is 1. The highest BCUT2D eigenvalue weighted by Crippen LogP contribution is 2.18. The molecule has 3 amide bonds. The van der Waals surface area contributed by atoms with Crippen LogP contribution in [-0.2, 0) is 4.79 Å². The Balaban J connectivity index is 1.69. The van der Waals surface area contributed by atoms with Crippen LogP contribution in [0.3, 0.4) is 0 Å². The molecule has 0 unspecified atom stereocenters. The number of hydrogen-bond acceptors (Lipinski definition) is 4. The first-order valence-corrected chi connectivity index (χ1v) is 8.40. The van der Waals surface area contributed by atoms with Gasteiger partial charge in [0.05, 0.1) is 11.8 Å².